The van der Waals surface area contributed by atoms with E-state index < -0.39 is 5.67 Å². The van der Waals surface area contributed by atoms with E-state index in [1.807, 2.05) is 12.1 Å². The highest BCUT2D eigenvalue weighted by Crippen LogP contribution is 2.36. The van der Waals surface area contributed by atoms with Crippen LogP contribution in [0.1, 0.15) is 38.4 Å². The number of alkyl halides is 1. The van der Waals surface area contributed by atoms with E-state index in [0.29, 0.717) is 28.5 Å². The standard InChI is InChI=1S/C27H31FN8O/c1-27(2,28)22-5-4-6-23(31-22)36-24-21(25(37)35(36)20-11-12-20)17-29-26(32-24)30-18-7-9-19(10-8-18)34-15-13-33(3)14-16-34/h4-10,17,20H,11-16H2,1-3H3,(H,29,30,32). The van der Waals surface area contributed by atoms with Crippen LogP contribution in [-0.2, 0) is 5.67 Å². The molecule has 9 nitrogen and oxygen atoms in total. The third-order valence-corrected chi connectivity index (χ3v) is 7.07. The maximum atomic E-state index is 14.7. The van der Waals surface area contributed by atoms with Crippen molar-refractivity contribution in [1.29, 1.82) is 0 Å². The average molecular weight is 503 g/mol. The third-order valence-electron chi connectivity index (χ3n) is 7.07. The lowest BCUT2D eigenvalue weighted by Gasteiger charge is -2.34. The van der Waals surface area contributed by atoms with Crippen molar-refractivity contribution in [3.8, 4) is 5.82 Å². The van der Waals surface area contributed by atoms with Gasteiger partial charge in [0.1, 0.15) is 11.1 Å². The minimum atomic E-state index is -1.61. The fraction of sp³-hybridized carbons (Fsp3) is 0.407. The van der Waals surface area contributed by atoms with Crippen molar-refractivity contribution in [2.75, 3.05) is 43.4 Å². The van der Waals surface area contributed by atoms with Crippen LogP contribution in [-0.4, -0.2) is 62.4 Å². The van der Waals surface area contributed by atoms with Crippen LogP contribution < -0.4 is 15.8 Å². The Morgan fingerprint density at radius 3 is 2.41 bits per heavy atom. The van der Waals surface area contributed by atoms with Crippen LogP contribution in [0, 0.1) is 0 Å². The molecule has 2 aliphatic rings. The second-order valence-corrected chi connectivity index (χ2v) is 10.4. The SMILES string of the molecule is CN1CCN(c2ccc(Nc3ncc4c(=O)n(C5CC5)n(-c5cccc(C(C)(C)F)n5)c4n3)cc2)CC1. The number of halogens is 1. The molecule has 0 radical (unpaired) electrons. The van der Waals surface area contributed by atoms with Gasteiger partial charge in [0.25, 0.3) is 5.56 Å². The van der Waals surface area contributed by atoms with Crippen molar-refractivity contribution < 1.29 is 4.39 Å². The fourth-order valence-corrected chi connectivity index (χ4v) is 4.75. The van der Waals surface area contributed by atoms with Crippen molar-refractivity contribution in [1.82, 2.24) is 29.2 Å². The number of hydrogen-bond acceptors (Lipinski definition) is 7. The highest BCUT2D eigenvalue weighted by Gasteiger charge is 2.31. The molecule has 1 N–H and O–H groups in total. The van der Waals surface area contributed by atoms with Gasteiger partial charge in [0.2, 0.25) is 5.95 Å². The van der Waals surface area contributed by atoms with E-state index >= 15 is 0 Å². The predicted molar refractivity (Wildman–Crippen MR) is 143 cm³/mol. The van der Waals surface area contributed by atoms with Gasteiger partial charge in [-0.3, -0.25) is 4.79 Å². The summed E-state index contributed by atoms with van der Waals surface area (Å²) in [4.78, 5) is 31.7. The van der Waals surface area contributed by atoms with E-state index in [1.54, 1.807) is 33.8 Å². The number of nitrogens with one attached hydrogen (secondary N) is 1. The molecule has 0 atom stereocenters. The van der Waals surface area contributed by atoms with Crippen LogP contribution in [0.4, 0.5) is 21.7 Å². The number of pyridine rings is 1. The molecule has 4 aromatic rings. The molecule has 1 aliphatic heterocycles. The topological polar surface area (TPSA) is 84.1 Å². The molecular weight excluding hydrogens is 471 g/mol. The molecule has 0 unspecified atom stereocenters. The van der Waals surface area contributed by atoms with Gasteiger partial charge in [-0.1, -0.05) is 6.07 Å². The molecule has 1 saturated carbocycles. The van der Waals surface area contributed by atoms with Crippen LogP contribution >= 0.6 is 0 Å². The maximum Gasteiger partial charge on any atom is 0.278 e. The highest BCUT2D eigenvalue weighted by molar-refractivity contribution is 5.77. The second-order valence-electron chi connectivity index (χ2n) is 10.4. The zero-order valence-corrected chi connectivity index (χ0v) is 21.4. The van der Waals surface area contributed by atoms with Crippen molar-refractivity contribution in [3.63, 3.8) is 0 Å². The van der Waals surface area contributed by atoms with E-state index in [-0.39, 0.29) is 11.6 Å². The van der Waals surface area contributed by atoms with E-state index in [0.717, 1.165) is 44.7 Å². The van der Waals surface area contributed by atoms with Gasteiger partial charge in [0.15, 0.2) is 11.5 Å². The van der Waals surface area contributed by atoms with Crippen molar-refractivity contribution in [2.24, 2.45) is 0 Å². The Morgan fingerprint density at radius 2 is 1.73 bits per heavy atom. The number of hydrogen-bond donors (Lipinski definition) is 1. The summed E-state index contributed by atoms with van der Waals surface area (Å²) in [6, 6.07) is 13.5. The smallest absolute Gasteiger partial charge is 0.278 e. The molecule has 0 amide bonds. The number of likely N-dealkylation sites (N-methyl/N-ethyl adjacent to an activating group) is 1. The summed E-state index contributed by atoms with van der Waals surface area (Å²) in [5, 5.41) is 3.68. The average Bonchev–Trinajstić information content (AvgIpc) is 3.68. The Labute approximate surface area is 214 Å². The van der Waals surface area contributed by atoms with Crippen molar-refractivity contribution in [3.05, 3.63) is 64.7 Å². The highest BCUT2D eigenvalue weighted by atomic mass is 19.1. The number of fused-ring (bicyclic) bond motifs is 1. The van der Waals surface area contributed by atoms with E-state index in [1.165, 1.54) is 19.5 Å². The van der Waals surface area contributed by atoms with Crippen LogP contribution in [0.15, 0.2) is 53.5 Å². The monoisotopic (exact) mass is 502 g/mol. The largest absolute Gasteiger partial charge is 0.369 e. The Kier molecular flexibility index (Phi) is 5.71. The first kappa shape index (κ1) is 23.6. The van der Waals surface area contributed by atoms with Gasteiger partial charge in [-0.05, 0) is 70.1 Å². The molecule has 192 valence electrons. The first-order chi connectivity index (χ1) is 17.8. The number of benzene rings is 1. The summed E-state index contributed by atoms with van der Waals surface area (Å²) in [7, 11) is 2.15. The zero-order chi connectivity index (χ0) is 25.7. The van der Waals surface area contributed by atoms with Crippen LogP contribution in [0.3, 0.4) is 0 Å². The molecule has 4 heterocycles. The molecule has 37 heavy (non-hydrogen) atoms. The number of aromatic nitrogens is 5. The lowest BCUT2D eigenvalue weighted by Crippen LogP contribution is -2.44. The Morgan fingerprint density at radius 1 is 1.00 bits per heavy atom. The van der Waals surface area contributed by atoms with Crippen LogP contribution in [0.2, 0.25) is 0 Å². The van der Waals surface area contributed by atoms with Crippen LogP contribution in [0.25, 0.3) is 16.9 Å². The molecular formula is C27H31FN8O. The predicted octanol–water partition coefficient (Wildman–Crippen LogP) is 4.01. The number of nitrogens with zero attached hydrogens (tertiary/aromatic N) is 7. The third kappa shape index (κ3) is 4.57. The quantitative estimate of drug-likeness (QED) is 0.426. The van der Waals surface area contributed by atoms with E-state index in [4.69, 9.17) is 4.98 Å². The lowest BCUT2D eigenvalue weighted by molar-refractivity contribution is 0.214. The van der Waals surface area contributed by atoms with Gasteiger partial charge in [-0.2, -0.15) is 4.98 Å². The summed E-state index contributed by atoms with van der Waals surface area (Å²) in [6.45, 7) is 7.06. The summed E-state index contributed by atoms with van der Waals surface area (Å²) >= 11 is 0. The van der Waals surface area contributed by atoms with Crippen molar-refractivity contribution >= 4 is 28.4 Å². The molecule has 0 spiro atoms. The molecule has 10 heteroatoms. The van der Waals surface area contributed by atoms with Gasteiger partial charge in [0.05, 0.1) is 11.7 Å². The molecule has 2 fully saturated rings. The van der Waals surface area contributed by atoms with E-state index in [9.17, 15) is 9.18 Å². The number of rotatable bonds is 6. The van der Waals surface area contributed by atoms with Gasteiger partial charge in [0, 0.05) is 43.8 Å². The first-order valence-electron chi connectivity index (χ1n) is 12.8. The summed E-state index contributed by atoms with van der Waals surface area (Å²) in [6.07, 6.45) is 3.37. The van der Waals surface area contributed by atoms with Gasteiger partial charge in [-0.15, -0.1) is 0 Å². The van der Waals surface area contributed by atoms with E-state index in [2.05, 4.69) is 44.3 Å². The molecule has 0 bridgehead atoms. The summed E-state index contributed by atoms with van der Waals surface area (Å²) in [5.74, 6) is 0.840. The molecule has 1 saturated heterocycles. The Bertz CT molecular complexity index is 1490. The number of anilines is 3. The molecule has 1 aromatic carbocycles. The second kappa shape index (κ2) is 8.95. The molecule has 1 aliphatic carbocycles. The lowest BCUT2D eigenvalue weighted by atomic mass is 10.1. The number of piperazine rings is 1. The Balaban J connectivity index is 1.35. The normalized spacial score (nSPS) is 16.9. The maximum absolute atomic E-state index is 14.7. The fourth-order valence-electron chi connectivity index (χ4n) is 4.75. The van der Waals surface area contributed by atoms with Gasteiger partial charge < -0.3 is 15.1 Å². The van der Waals surface area contributed by atoms with Crippen molar-refractivity contribution in [2.45, 2.75) is 38.4 Å². The molecule has 3 aromatic heterocycles. The molecule has 6 rings (SSSR count). The van der Waals surface area contributed by atoms with Gasteiger partial charge in [-0.25, -0.2) is 23.7 Å². The summed E-state index contributed by atoms with van der Waals surface area (Å²) in [5.41, 5.74) is 1.02. The van der Waals surface area contributed by atoms with Gasteiger partial charge >= 0.3 is 0 Å². The minimum absolute atomic E-state index is 0.0732. The van der Waals surface area contributed by atoms with Crippen LogP contribution in [0.5, 0.6) is 0 Å². The summed E-state index contributed by atoms with van der Waals surface area (Å²) < 4.78 is 18.1. The minimum Gasteiger partial charge on any atom is -0.369 e. The Hall–Kier alpha value is -3.79. The first-order valence-corrected chi connectivity index (χ1v) is 12.8. The zero-order valence-electron chi connectivity index (χ0n) is 21.4.